The van der Waals surface area contributed by atoms with Gasteiger partial charge in [-0.3, -0.25) is 0 Å². The van der Waals surface area contributed by atoms with Crippen LogP contribution in [0.3, 0.4) is 0 Å². The average molecular weight is 474 g/mol. The maximum absolute atomic E-state index is 5.41. The van der Waals surface area contributed by atoms with Gasteiger partial charge in [0.15, 0.2) is 0 Å². The molecule has 0 saturated carbocycles. The van der Waals surface area contributed by atoms with Crippen molar-refractivity contribution in [2.24, 2.45) is 5.10 Å². The Morgan fingerprint density at radius 3 is 2.10 bits per heavy atom. The Kier molecular flexibility index (Phi) is 6.99. The lowest BCUT2D eigenvalue weighted by Crippen LogP contribution is -2.34. The monoisotopic (exact) mass is 473 g/mol. The van der Waals surface area contributed by atoms with Crippen molar-refractivity contribution in [3.05, 3.63) is 28.2 Å². The van der Waals surface area contributed by atoms with Gasteiger partial charge in [-0.1, -0.05) is 15.9 Å². The molecule has 3 heterocycles. The molecule has 0 radical (unpaired) electrons. The van der Waals surface area contributed by atoms with E-state index >= 15 is 0 Å². The first-order chi connectivity index (χ1) is 14.7. The fraction of sp³-hybridized carbons (Fsp3) is 0.524. The van der Waals surface area contributed by atoms with Crippen LogP contribution >= 0.6 is 15.9 Å². The summed E-state index contributed by atoms with van der Waals surface area (Å²) in [6.07, 6.45) is 8.95. The molecule has 8 nitrogen and oxygen atoms in total. The maximum atomic E-state index is 5.41. The molecule has 4 rings (SSSR count). The Balaban J connectivity index is 1.57. The van der Waals surface area contributed by atoms with Crippen LogP contribution in [0.1, 0.15) is 44.1 Å². The molecule has 0 amide bonds. The van der Waals surface area contributed by atoms with Gasteiger partial charge in [-0.25, -0.2) is 5.43 Å². The van der Waals surface area contributed by atoms with E-state index in [1.807, 2.05) is 18.2 Å². The van der Waals surface area contributed by atoms with Crippen LogP contribution in [-0.4, -0.2) is 54.5 Å². The Bertz CT molecular complexity index is 843. The summed E-state index contributed by atoms with van der Waals surface area (Å²) in [5.41, 5.74) is 3.87. The van der Waals surface area contributed by atoms with E-state index in [1.165, 1.54) is 38.5 Å². The summed E-state index contributed by atoms with van der Waals surface area (Å²) in [6.45, 7) is 3.95. The van der Waals surface area contributed by atoms with Crippen LogP contribution < -0.4 is 20.0 Å². The number of aromatic nitrogens is 3. The summed E-state index contributed by atoms with van der Waals surface area (Å²) in [5.74, 6) is 2.70. The topological polar surface area (TPSA) is 78.8 Å². The molecule has 2 aromatic rings. The molecule has 9 heteroatoms. The first kappa shape index (κ1) is 20.8. The Hall–Kier alpha value is -2.42. The number of ether oxygens (including phenoxy) is 1. The molecule has 2 aliphatic rings. The van der Waals surface area contributed by atoms with Crippen molar-refractivity contribution < 1.29 is 4.74 Å². The van der Waals surface area contributed by atoms with E-state index in [4.69, 9.17) is 9.72 Å². The second kappa shape index (κ2) is 10.1. The smallest absolute Gasteiger partial charge is 0.250 e. The summed E-state index contributed by atoms with van der Waals surface area (Å²) >= 11 is 3.49. The van der Waals surface area contributed by atoms with Gasteiger partial charge in [-0.15, -0.1) is 0 Å². The number of hydrazone groups is 1. The molecule has 2 aliphatic heterocycles. The second-order valence-electron chi connectivity index (χ2n) is 7.61. The van der Waals surface area contributed by atoms with Crippen molar-refractivity contribution in [2.45, 2.75) is 38.5 Å². The Morgan fingerprint density at radius 2 is 1.53 bits per heavy atom. The Morgan fingerprint density at radius 1 is 0.933 bits per heavy atom. The fourth-order valence-corrected chi connectivity index (χ4v) is 4.22. The normalized spacial score (nSPS) is 17.4. The number of methoxy groups -OCH3 is 1. The molecule has 30 heavy (non-hydrogen) atoms. The van der Waals surface area contributed by atoms with Crippen molar-refractivity contribution in [3.8, 4) is 5.75 Å². The summed E-state index contributed by atoms with van der Waals surface area (Å²) in [5, 5.41) is 4.37. The predicted octanol–water partition coefficient (Wildman–Crippen LogP) is 4.07. The summed E-state index contributed by atoms with van der Waals surface area (Å²) in [4.78, 5) is 18.6. The number of benzene rings is 1. The molecule has 1 aromatic carbocycles. The van der Waals surface area contributed by atoms with Crippen LogP contribution in [0.4, 0.5) is 17.8 Å². The van der Waals surface area contributed by atoms with Crippen LogP contribution in [0.2, 0.25) is 0 Å². The molecule has 0 bridgehead atoms. The van der Waals surface area contributed by atoms with E-state index in [2.05, 4.69) is 46.2 Å². The number of hydrogen-bond donors (Lipinski definition) is 1. The molecule has 2 fully saturated rings. The second-order valence-corrected chi connectivity index (χ2v) is 8.53. The van der Waals surface area contributed by atoms with E-state index < -0.39 is 0 Å². The highest BCUT2D eigenvalue weighted by atomic mass is 79.9. The molecule has 1 N–H and O–H groups in total. The van der Waals surface area contributed by atoms with Crippen molar-refractivity contribution in [1.82, 2.24) is 15.0 Å². The van der Waals surface area contributed by atoms with Gasteiger partial charge in [0, 0.05) is 36.2 Å². The molecular formula is C21H28BrN7O. The lowest BCUT2D eigenvalue weighted by molar-refractivity contribution is 0.414. The molecule has 0 aliphatic carbocycles. The number of piperidine rings is 2. The minimum Gasteiger partial charge on any atom is -0.496 e. The molecule has 2 saturated heterocycles. The SMILES string of the molecule is COc1ccc(Br)cc1C=NNc1nc(N2CCCCC2)nc(N2CCCCC2)n1. The highest BCUT2D eigenvalue weighted by molar-refractivity contribution is 9.10. The van der Waals surface area contributed by atoms with E-state index in [0.29, 0.717) is 5.95 Å². The molecule has 160 valence electrons. The predicted molar refractivity (Wildman–Crippen MR) is 124 cm³/mol. The van der Waals surface area contributed by atoms with Crippen LogP contribution in [0.5, 0.6) is 5.75 Å². The fourth-order valence-electron chi connectivity index (χ4n) is 3.84. The number of nitrogens with zero attached hydrogens (tertiary/aromatic N) is 6. The first-order valence-corrected chi connectivity index (χ1v) is 11.4. The number of hydrogen-bond acceptors (Lipinski definition) is 8. The molecule has 0 unspecified atom stereocenters. The lowest BCUT2D eigenvalue weighted by Gasteiger charge is -2.30. The van der Waals surface area contributed by atoms with Crippen LogP contribution in [0.15, 0.2) is 27.8 Å². The van der Waals surface area contributed by atoms with Crippen molar-refractivity contribution in [3.63, 3.8) is 0 Å². The number of rotatable bonds is 6. The minimum absolute atomic E-state index is 0.469. The molecule has 0 spiro atoms. The standard InChI is InChI=1S/C21H28BrN7O/c1-30-18-9-8-17(22)14-16(18)15-23-27-19-24-20(28-10-4-2-5-11-28)26-21(25-19)29-12-6-3-7-13-29/h8-9,14-15H,2-7,10-13H2,1H3,(H,24,25,26,27). The van der Waals surface area contributed by atoms with Gasteiger partial charge in [-0.05, 0) is 56.7 Å². The van der Waals surface area contributed by atoms with Crippen LogP contribution in [0.25, 0.3) is 0 Å². The number of anilines is 3. The zero-order valence-corrected chi connectivity index (χ0v) is 18.9. The highest BCUT2D eigenvalue weighted by Gasteiger charge is 2.20. The zero-order valence-electron chi connectivity index (χ0n) is 17.3. The van der Waals surface area contributed by atoms with Crippen molar-refractivity contribution >= 4 is 40.0 Å². The summed E-state index contributed by atoms with van der Waals surface area (Å²) < 4.78 is 6.37. The third-order valence-corrected chi connectivity index (χ3v) is 5.94. The van der Waals surface area contributed by atoms with E-state index in [0.717, 1.165) is 53.9 Å². The number of nitrogens with one attached hydrogen (secondary N) is 1. The number of halogens is 1. The highest BCUT2D eigenvalue weighted by Crippen LogP contribution is 2.23. The first-order valence-electron chi connectivity index (χ1n) is 10.6. The maximum Gasteiger partial charge on any atom is 0.250 e. The van der Waals surface area contributed by atoms with Crippen molar-refractivity contribution in [2.75, 3.05) is 48.5 Å². The van der Waals surface area contributed by atoms with Gasteiger partial charge in [0.2, 0.25) is 17.8 Å². The van der Waals surface area contributed by atoms with Gasteiger partial charge in [0.05, 0.1) is 13.3 Å². The third kappa shape index (κ3) is 5.19. The van der Waals surface area contributed by atoms with Crippen LogP contribution in [0, 0.1) is 0 Å². The van der Waals surface area contributed by atoms with Gasteiger partial charge in [0.25, 0.3) is 0 Å². The van der Waals surface area contributed by atoms with Gasteiger partial charge < -0.3 is 14.5 Å². The molecule has 1 aromatic heterocycles. The third-order valence-electron chi connectivity index (χ3n) is 5.45. The minimum atomic E-state index is 0.469. The largest absolute Gasteiger partial charge is 0.496 e. The zero-order chi connectivity index (χ0) is 20.8. The summed E-state index contributed by atoms with van der Waals surface area (Å²) in [6, 6.07) is 5.79. The van der Waals surface area contributed by atoms with Gasteiger partial charge in [0.1, 0.15) is 5.75 Å². The van der Waals surface area contributed by atoms with Gasteiger partial charge in [-0.2, -0.15) is 20.1 Å². The molecular weight excluding hydrogens is 446 g/mol. The van der Waals surface area contributed by atoms with Gasteiger partial charge >= 0.3 is 0 Å². The van der Waals surface area contributed by atoms with E-state index in [1.54, 1.807) is 13.3 Å². The lowest BCUT2D eigenvalue weighted by atomic mass is 10.1. The summed E-state index contributed by atoms with van der Waals surface area (Å²) in [7, 11) is 1.65. The van der Waals surface area contributed by atoms with Crippen LogP contribution in [-0.2, 0) is 0 Å². The quantitative estimate of drug-likeness (QED) is 0.500. The Labute approximate surface area is 185 Å². The van der Waals surface area contributed by atoms with E-state index in [9.17, 15) is 0 Å². The van der Waals surface area contributed by atoms with E-state index in [-0.39, 0.29) is 0 Å². The average Bonchev–Trinajstić information content (AvgIpc) is 2.80. The van der Waals surface area contributed by atoms with Crippen molar-refractivity contribution in [1.29, 1.82) is 0 Å². The molecule has 0 atom stereocenters.